The van der Waals surface area contributed by atoms with Gasteiger partial charge in [0.15, 0.2) is 11.5 Å². The zero-order chi connectivity index (χ0) is 12.5. The zero-order valence-electron chi connectivity index (χ0n) is 9.66. The molecule has 3 N–H and O–H groups in total. The van der Waals surface area contributed by atoms with E-state index in [0.29, 0.717) is 17.3 Å². The van der Waals surface area contributed by atoms with Crippen molar-refractivity contribution < 1.29 is 0 Å². The number of imidazole rings is 1. The molecule has 0 unspecified atom stereocenters. The van der Waals surface area contributed by atoms with E-state index in [4.69, 9.17) is 5.73 Å². The van der Waals surface area contributed by atoms with Crippen LogP contribution in [0.3, 0.4) is 0 Å². The van der Waals surface area contributed by atoms with Crippen molar-refractivity contribution in [2.45, 2.75) is 11.9 Å². The van der Waals surface area contributed by atoms with Crippen molar-refractivity contribution in [3.05, 3.63) is 18.7 Å². The Morgan fingerprint density at radius 1 is 1.39 bits per heavy atom. The van der Waals surface area contributed by atoms with Crippen LogP contribution in [0.4, 0.5) is 5.82 Å². The average Bonchev–Trinajstić information content (AvgIpc) is 2.95. The fourth-order valence-electron chi connectivity index (χ4n) is 1.67. The fraction of sp³-hybridized carbons (Fsp3) is 0.200. The van der Waals surface area contributed by atoms with Crippen molar-refractivity contribution in [2.75, 3.05) is 11.5 Å². The number of aromatic amines is 1. The normalized spacial score (nSPS) is 11.2. The van der Waals surface area contributed by atoms with E-state index in [-0.39, 0.29) is 0 Å². The van der Waals surface area contributed by atoms with Crippen molar-refractivity contribution >= 4 is 28.7 Å². The van der Waals surface area contributed by atoms with E-state index in [1.165, 1.54) is 6.33 Å². The molecule has 0 atom stereocenters. The second kappa shape index (κ2) is 4.30. The topological polar surface area (TPSA) is 98.3 Å². The highest BCUT2D eigenvalue weighted by Crippen LogP contribution is 2.23. The lowest BCUT2D eigenvalue weighted by Crippen LogP contribution is -2.05. The van der Waals surface area contributed by atoms with E-state index in [0.717, 1.165) is 16.3 Å². The van der Waals surface area contributed by atoms with Gasteiger partial charge in [-0.3, -0.25) is 0 Å². The summed E-state index contributed by atoms with van der Waals surface area (Å²) >= 11 is 1.63. The predicted molar refractivity (Wildman–Crippen MR) is 69.6 cm³/mol. The van der Waals surface area contributed by atoms with Gasteiger partial charge in [-0.2, -0.15) is 9.78 Å². The zero-order valence-corrected chi connectivity index (χ0v) is 10.5. The first kappa shape index (κ1) is 11.0. The fourth-order valence-corrected chi connectivity index (χ4v) is 2.31. The summed E-state index contributed by atoms with van der Waals surface area (Å²) < 4.78 is 1.60. The van der Waals surface area contributed by atoms with Crippen LogP contribution in [-0.4, -0.2) is 35.5 Å². The Hall–Kier alpha value is -2.09. The molecule has 0 fully saturated rings. The number of hydrogen-bond donors (Lipinski definition) is 2. The van der Waals surface area contributed by atoms with Crippen LogP contribution < -0.4 is 5.73 Å². The molecule has 0 saturated heterocycles. The molecular weight excluding hydrogens is 250 g/mol. The number of nitrogens with zero attached hydrogens (tertiary/aromatic N) is 5. The summed E-state index contributed by atoms with van der Waals surface area (Å²) in [6.07, 6.45) is 3.02. The van der Waals surface area contributed by atoms with Gasteiger partial charge in [0.25, 0.3) is 0 Å². The number of nitrogen functional groups attached to an aromatic ring is 1. The predicted octanol–water partition coefficient (Wildman–Crippen LogP) is 1.23. The molecule has 0 saturated carbocycles. The van der Waals surface area contributed by atoms with Crippen molar-refractivity contribution in [3.8, 4) is 5.82 Å². The Bertz CT molecular complexity index is 686. The smallest absolute Gasteiger partial charge is 0.184 e. The molecular formula is C10H11N7S. The first-order chi connectivity index (χ1) is 8.79. The third kappa shape index (κ3) is 1.70. The number of nitrogens with one attached hydrogen (secondary N) is 1. The van der Waals surface area contributed by atoms with Crippen LogP contribution in [0.1, 0.15) is 6.92 Å². The van der Waals surface area contributed by atoms with Crippen LogP contribution in [0.15, 0.2) is 23.7 Å². The van der Waals surface area contributed by atoms with E-state index in [2.05, 4.69) is 32.0 Å². The van der Waals surface area contributed by atoms with Crippen LogP contribution in [-0.2, 0) is 0 Å². The maximum atomic E-state index is 5.96. The van der Waals surface area contributed by atoms with Gasteiger partial charge in [0.2, 0.25) is 0 Å². The van der Waals surface area contributed by atoms with E-state index in [1.807, 2.05) is 6.07 Å². The number of fused-ring (bicyclic) bond motifs is 1. The van der Waals surface area contributed by atoms with Gasteiger partial charge in [-0.05, 0) is 5.75 Å². The third-order valence-corrected chi connectivity index (χ3v) is 3.19. The molecule has 0 bridgehead atoms. The minimum Gasteiger partial charge on any atom is -0.383 e. The average molecular weight is 261 g/mol. The molecule has 3 aromatic rings. The summed E-state index contributed by atoms with van der Waals surface area (Å²) in [6, 6.07) is 1.83. The second-order valence-corrected chi connectivity index (χ2v) is 4.83. The number of anilines is 1. The molecule has 0 aromatic carbocycles. The number of nitrogens with two attached hydrogens (primary N) is 1. The van der Waals surface area contributed by atoms with Gasteiger partial charge >= 0.3 is 0 Å². The number of thioether (sulfide) groups is 1. The summed E-state index contributed by atoms with van der Waals surface area (Å²) in [4.78, 5) is 15.4. The molecule has 0 aliphatic carbocycles. The van der Waals surface area contributed by atoms with E-state index in [9.17, 15) is 0 Å². The highest BCUT2D eigenvalue weighted by atomic mass is 32.2. The lowest BCUT2D eigenvalue weighted by molar-refractivity contribution is 0.820. The molecule has 0 aliphatic rings. The molecule has 0 amide bonds. The largest absolute Gasteiger partial charge is 0.383 e. The lowest BCUT2D eigenvalue weighted by Gasteiger charge is -2.02. The standard InChI is InChI=1S/C10H11N7S/c1-2-18-7-3-6(11)17(16-7)10-8-9(13-4-12-8)14-5-15-10/h3-5H,2,11H2,1H3,(H,12,13,14,15). The van der Waals surface area contributed by atoms with Gasteiger partial charge in [0, 0.05) is 6.07 Å². The highest BCUT2D eigenvalue weighted by molar-refractivity contribution is 7.99. The van der Waals surface area contributed by atoms with Crippen molar-refractivity contribution in [2.24, 2.45) is 0 Å². The molecule has 3 aromatic heterocycles. The molecule has 3 rings (SSSR count). The van der Waals surface area contributed by atoms with E-state index in [1.54, 1.807) is 22.8 Å². The summed E-state index contributed by atoms with van der Waals surface area (Å²) in [5.74, 6) is 2.10. The Morgan fingerprint density at radius 3 is 3.11 bits per heavy atom. The first-order valence-corrected chi connectivity index (χ1v) is 6.41. The molecule has 7 nitrogen and oxygen atoms in total. The van der Waals surface area contributed by atoms with Crippen LogP contribution >= 0.6 is 11.8 Å². The van der Waals surface area contributed by atoms with Gasteiger partial charge in [-0.15, -0.1) is 11.8 Å². The summed E-state index contributed by atoms with van der Waals surface area (Å²) in [7, 11) is 0. The number of rotatable bonds is 3. The lowest BCUT2D eigenvalue weighted by atomic mass is 10.5. The van der Waals surface area contributed by atoms with Crippen LogP contribution in [0, 0.1) is 0 Å². The van der Waals surface area contributed by atoms with E-state index >= 15 is 0 Å². The number of aromatic nitrogens is 6. The number of hydrogen-bond acceptors (Lipinski definition) is 6. The van der Waals surface area contributed by atoms with Gasteiger partial charge in [-0.1, -0.05) is 6.92 Å². The minimum atomic E-state index is 0.542. The van der Waals surface area contributed by atoms with Crippen LogP contribution in [0.2, 0.25) is 0 Å². The quantitative estimate of drug-likeness (QED) is 0.688. The molecule has 92 valence electrons. The van der Waals surface area contributed by atoms with Gasteiger partial charge < -0.3 is 10.7 Å². The third-order valence-electron chi connectivity index (χ3n) is 2.41. The Balaban J connectivity index is 2.16. The summed E-state index contributed by atoms with van der Waals surface area (Å²) in [5.41, 5.74) is 7.28. The maximum absolute atomic E-state index is 5.96. The number of H-pyrrole nitrogens is 1. The SMILES string of the molecule is CCSc1cc(N)n(-c2ncnc3nc[nH]c23)n1. The Morgan fingerprint density at radius 2 is 2.28 bits per heavy atom. The minimum absolute atomic E-state index is 0.542. The van der Waals surface area contributed by atoms with E-state index < -0.39 is 0 Å². The van der Waals surface area contributed by atoms with Crippen LogP contribution in [0.5, 0.6) is 0 Å². The van der Waals surface area contributed by atoms with Crippen molar-refractivity contribution in [3.63, 3.8) is 0 Å². The molecule has 8 heteroatoms. The Kier molecular flexibility index (Phi) is 2.63. The second-order valence-electron chi connectivity index (χ2n) is 3.55. The first-order valence-electron chi connectivity index (χ1n) is 5.42. The molecule has 0 radical (unpaired) electrons. The van der Waals surface area contributed by atoms with Gasteiger partial charge in [0.1, 0.15) is 22.7 Å². The molecule has 18 heavy (non-hydrogen) atoms. The molecule has 0 spiro atoms. The summed E-state index contributed by atoms with van der Waals surface area (Å²) in [6.45, 7) is 2.07. The van der Waals surface area contributed by atoms with Gasteiger partial charge in [0.05, 0.1) is 6.33 Å². The monoisotopic (exact) mass is 261 g/mol. The maximum Gasteiger partial charge on any atom is 0.184 e. The van der Waals surface area contributed by atoms with Crippen molar-refractivity contribution in [1.29, 1.82) is 0 Å². The van der Waals surface area contributed by atoms with Crippen LogP contribution in [0.25, 0.3) is 17.0 Å². The molecule has 0 aliphatic heterocycles. The Labute approximate surface area is 107 Å². The highest BCUT2D eigenvalue weighted by Gasteiger charge is 2.13. The summed E-state index contributed by atoms with van der Waals surface area (Å²) in [5, 5.41) is 5.29. The van der Waals surface area contributed by atoms with Crippen molar-refractivity contribution in [1.82, 2.24) is 29.7 Å². The van der Waals surface area contributed by atoms with Gasteiger partial charge in [-0.25, -0.2) is 15.0 Å². The molecule has 3 heterocycles.